The minimum absolute atomic E-state index is 0.264. The highest BCUT2D eigenvalue weighted by Crippen LogP contribution is 2.28. The van der Waals surface area contributed by atoms with Crippen LogP contribution < -0.4 is 0 Å². The van der Waals surface area contributed by atoms with Gasteiger partial charge in [-0.05, 0) is 25.3 Å². The first kappa shape index (κ1) is 10.7. The second kappa shape index (κ2) is 4.77. The van der Waals surface area contributed by atoms with Gasteiger partial charge < -0.3 is 9.84 Å². The van der Waals surface area contributed by atoms with Crippen molar-refractivity contribution in [2.24, 2.45) is 5.92 Å². The van der Waals surface area contributed by atoms with E-state index in [-0.39, 0.29) is 12.0 Å². The largest absolute Gasteiger partial charge is 0.388 e. The molecule has 0 radical (unpaired) electrons. The van der Waals surface area contributed by atoms with Crippen LogP contribution >= 0.6 is 0 Å². The van der Waals surface area contributed by atoms with E-state index >= 15 is 0 Å². The highest BCUT2D eigenvalue weighted by Gasteiger charge is 2.23. The molecule has 1 fully saturated rings. The molecule has 0 amide bonds. The molecule has 1 aromatic rings. The number of aryl methyl sites for hydroxylation is 1. The van der Waals surface area contributed by atoms with Crippen molar-refractivity contribution in [1.82, 2.24) is 0 Å². The molecule has 2 unspecified atom stereocenters. The molecule has 0 aromatic heterocycles. The maximum atomic E-state index is 10.2. The second-order valence-corrected chi connectivity index (χ2v) is 4.34. The van der Waals surface area contributed by atoms with Crippen LogP contribution in [-0.2, 0) is 4.74 Å². The molecule has 1 saturated heterocycles. The van der Waals surface area contributed by atoms with Gasteiger partial charge in [0.25, 0.3) is 0 Å². The van der Waals surface area contributed by atoms with E-state index < -0.39 is 0 Å². The molecule has 0 bridgehead atoms. The van der Waals surface area contributed by atoms with Crippen LogP contribution in [0.5, 0.6) is 0 Å². The summed E-state index contributed by atoms with van der Waals surface area (Å²) in [5, 5.41) is 10.2. The van der Waals surface area contributed by atoms with Gasteiger partial charge in [0.2, 0.25) is 0 Å². The number of rotatable bonds is 2. The minimum atomic E-state index is -0.370. The zero-order valence-electron chi connectivity index (χ0n) is 9.15. The Kier molecular flexibility index (Phi) is 3.39. The summed E-state index contributed by atoms with van der Waals surface area (Å²) in [6.45, 7) is 3.58. The number of hydrogen-bond donors (Lipinski definition) is 1. The molecule has 0 spiro atoms. The van der Waals surface area contributed by atoms with E-state index in [9.17, 15) is 5.11 Å². The lowest BCUT2D eigenvalue weighted by molar-refractivity contribution is -0.00998. The minimum Gasteiger partial charge on any atom is -0.388 e. The van der Waals surface area contributed by atoms with E-state index in [1.807, 2.05) is 25.1 Å². The van der Waals surface area contributed by atoms with Crippen molar-refractivity contribution in [3.8, 4) is 0 Å². The Hall–Kier alpha value is -0.860. The van der Waals surface area contributed by atoms with Crippen molar-refractivity contribution in [2.75, 3.05) is 13.2 Å². The predicted octanol–water partition coefficient (Wildman–Crippen LogP) is 2.46. The van der Waals surface area contributed by atoms with Crippen LogP contribution in [0.4, 0.5) is 0 Å². The lowest BCUT2D eigenvalue weighted by Crippen LogP contribution is -2.23. The lowest BCUT2D eigenvalue weighted by atomic mass is 9.90. The van der Waals surface area contributed by atoms with Crippen molar-refractivity contribution >= 4 is 0 Å². The van der Waals surface area contributed by atoms with Crippen molar-refractivity contribution < 1.29 is 9.84 Å². The summed E-state index contributed by atoms with van der Waals surface area (Å²) >= 11 is 0. The molecule has 1 aliphatic rings. The van der Waals surface area contributed by atoms with Crippen LogP contribution in [0.2, 0.25) is 0 Å². The number of aliphatic hydroxyl groups is 1. The molecule has 2 rings (SSSR count). The van der Waals surface area contributed by atoms with Crippen LogP contribution in [0.15, 0.2) is 24.3 Å². The molecule has 2 heteroatoms. The van der Waals surface area contributed by atoms with E-state index in [0.717, 1.165) is 25.0 Å². The smallest absolute Gasteiger partial charge is 0.0840 e. The number of ether oxygens (including phenoxy) is 1. The van der Waals surface area contributed by atoms with Crippen LogP contribution in [-0.4, -0.2) is 18.3 Å². The maximum absolute atomic E-state index is 10.2. The van der Waals surface area contributed by atoms with Gasteiger partial charge >= 0.3 is 0 Å². The summed E-state index contributed by atoms with van der Waals surface area (Å²) in [5.41, 5.74) is 2.22. The van der Waals surface area contributed by atoms with Crippen molar-refractivity contribution in [3.63, 3.8) is 0 Å². The van der Waals surface area contributed by atoms with Gasteiger partial charge in [-0.3, -0.25) is 0 Å². The number of aliphatic hydroxyl groups excluding tert-OH is 1. The van der Waals surface area contributed by atoms with Crippen LogP contribution in [0, 0.1) is 12.8 Å². The Morgan fingerprint density at radius 1 is 1.47 bits per heavy atom. The van der Waals surface area contributed by atoms with Gasteiger partial charge in [-0.15, -0.1) is 0 Å². The zero-order chi connectivity index (χ0) is 10.7. The zero-order valence-corrected chi connectivity index (χ0v) is 9.15. The number of benzene rings is 1. The summed E-state index contributed by atoms with van der Waals surface area (Å²) in [4.78, 5) is 0. The molecule has 15 heavy (non-hydrogen) atoms. The fraction of sp³-hybridized carbons (Fsp3) is 0.538. The van der Waals surface area contributed by atoms with Gasteiger partial charge in [0, 0.05) is 12.5 Å². The summed E-state index contributed by atoms with van der Waals surface area (Å²) in [7, 11) is 0. The number of hydrogen-bond acceptors (Lipinski definition) is 2. The molecule has 0 saturated carbocycles. The van der Waals surface area contributed by atoms with Gasteiger partial charge in [0.05, 0.1) is 12.7 Å². The predicted molar refractivity (Wildman–Crippen MR) is 59.7 cm³/mol. The van der Waals surface area contributed by atoms with Crippen molar-refractivity contribution in [2.45, 2.75) is 25.9 Å². The molecule has 2 nitrogen and oxygen atoms in total. The molecular weight excluding hydrogens is 188 g/mol. The molecule has 0 aliphatic carbocycles. The summed E-state index contributed by atoms with van der Waals surface area (Å²) in [5.74, 6) is 0.264. The van der Waals surface area contributed by atoms with Gasteiger partial charge in [-0.2, -0.15) is 0 Å². The van der Waals surface area contributed by atoms with Crippen LogP contribution in [0.25, 0.3) is 0 Å². The molecule has 1 aromatic carbocycles. The van der Waals surface area contributed by atoms with E-state index in [1.54, 1.807) is 0 Å². The fourth-order valence-corrected chi connectivity index (χ4v) is 2.14. The molecule has 1 heterocycles. The Labute approximate surface area is 90.9 Å². The average molecular weight is 206 g/mol. The third kappa shape index (κ3) is 2.58. The average Bonchev–Trinajstić information content (AvgIpc) is 2.29. The second-order valence-electron chi connectivity index (χ2n) is 4.34. The van der Waals surface area contributed by atoms with Crippen LogP contribution in [0.1, 0.15) is 30.1 Å². The fourth-order valence-electron chi connectivity index (χ4n) is 2.14. The third-order valence-electron chi connectivity index (χ3n) is 3.03. The first-order valence-electron chi connectivity index (χ1n) is 5.60. The molecular formula is C13H18O2. The summed E-state index contributed by atoms with van der Waals surface area (Å²) in [6, 6.07) is 8.09. The topological polar surface area (TPSA) is 29.5 Å². The molecule has 1 aliphatic heterocycles. The quantitative estimate of drug-likeness (QED) is 0.805. The monoisotopic (exact) mass is 206 g/mol. The highest BCUT2D eigenvalue weighted by atomic mass is 16.5. The van der Waals surface area contributed by atoms with E-state index in [1.165, 1.54) is 5.56 Å². The van der Waals surface area contributed by atoms with E-state index in [2.05, 4.69) is 6.07 Å². The first-order chi connectivity index (χ1) is 7.27. The van der Waals surface area contributed by atoms with Gasteiger partial charge in [-0.25, -0.2) is 0 Å². The van der Waals surface area contributed by atoms with Crippen molar-refractivity contribution in [1.29, 1.82) is 0 Å². The van der Waals surface area contributed by atoms with Gasteiger partial charge in [0.15, 0.2) is 0 Å². The third-order valence-corrected chi connectivity index (χ3v) is 3.03. The van der Waals surface area contributed by atoms with Crippen LogP contribution in [0.3, 0.4) is 0 Å². The highest BCUT2D eigenvalue weighted by molar-refractivity contribution is 5.24. The SMILES string of the molecule is Cc1cccc(C(O)C2CCCOC2)c1. The first-order valence-corrected chi connectivity index (χ1v) is 5.60. The van der Waals surface area contributed by atoms with E-state index in [0.29, 0.717) is 6.61 Å². The standard InChI is InChI=1S/C13H18O2/c1-10-4-2-5-11(8-10)13(14)12-6-3-7-15-9-12/h2,4-5,8,12-14H,3,6-7,9H2,1H3. The van der Waals surface area contributed by atoms with E-state index in [4.69, 9.17) is 4.74 Å². The molecule has 82 valence electrons. The Morgan fingerprint density at radius 2 is 2.33 bits per heavy atom. The summed E-state index contributed by atoms with van der Waals surface area (Å²) in [6.07, 6.45) is 1.76. The van der Waals surface area contributed by atoms with Gasteiger partial charge in [-0.1, -0.05) is 29.8 Å². The Morgan fingerprint density at radius 3 is 3.00 bits per heavy atom. The van der Waals surface area contributed by atoms with Crippen molar-refractivity contribution in [3.05, 3.63) is 35.4 Å². The normalized spacial score (nSPS) is 23.7. The molecule has 1 N–H and O–H groups in total. The summed E-state index contributed by atoms with van der Waals surface area (Å²) < 4.78 is 5.39. The van der Waals surface area contributed by atoms with Gasteiger partial charge in [0.1, 0.15) is 0 Å². The lowest BCUT2D eigenvalue weighted by Gasteiger charge is -2.27. The Bertz CT molecular complexity index is 316. The maximum Gasteiger partial charge on any atom is 0.0840 e. The Balaban J connectivity index is 2.08. The molecule has 2 atom stereocenters.